The molecule has 0 amide bonds. The molecule has 0 saturated heterocycles. The molecule has 0 saturated carbocycles. The van der Waals surface area contributed by atoms with Crippen molar-refractivity contribution < 1.29 is 4.74 Å². The van der Waals surface area contributed by atoms with Crippen LogP contribution < -0.4 is 10.1 Å². The van der Waals surface area contributed by atoms with Gasteiger partial charge in [-0.05, 0) is 32.4 Å². The van der Waals surface area contributed by atoms with E-state index in [0.29, 0.717) is 22.4 Å². The van der Waals surface area contributed by atoms with Gasteiger partial charge >= 0.3 is 0 Å². The maximum atomic E-state index is 5.99. The minimum Gasteiger partial charge on any atom is -0.491 e. The van der Waals surface area contributed by atoms with Crippen molar-refractivity contribution in [3.8, 4) is 5.75 Å². The molecule has 1 rings (SSSR count). The Labute approximate surface area is 113 Å². The highest BCUT2D eigenvalue weighted by atomic mass is 35.5. The number of rotatable bonds is 6. The molecule has 0 fully saturated rings. The lowest BCUT2D eigenvalue weighted by atomic mass is 10.0. The summed E-state index contributed by atoms with van der Waals surface area (Å²) in [6.07, 6.45) is 1.07. The van der Waals surface area contributed by atoms with Gasteiger partial charge in [0.05, 0.1) is 5.02 Å². The normalized spacial score (nSPS) is 11.6. The van der Waals surface area contributed by atoms with Crippen LogP contribution in [0.5, 0.6) is 5.75 Å². The van der Waals surface area contributed by atoms with E-state index in [4.69, 9.17) is 27.9 Å². The van der Waals surface area contributed by atoms with Gasteiger partial charge in [0.1, 0.15) is 12.4 Å². The van der Waals surface area contributed by atoms with E-state index >= 15 is 0 Å². The average molecular weight is 276 g/mol. The third-order valence-electron chi connectivity index (χ3n) is 2.74. The quantitative estimate of drug-likeness (QED) is 0.788. The highest BCUT2D eigenvalue weighted by molar-refractivity contribution is 6.34. The zero-order valence-corrected chi connectivity index (χ0v) is 12.0. The second-order valence-electron chi connectivity index (χ2n) is 4.59. The second kappa shape index (κ2) is 6.48. The van der Waals surface area contributed by atoms with Gasteiger partial charge in [-0.15, -0.1) is 0 Å². The van der Waals surface area contributed by atoms with Gasteiger partial charge in [-0.2, -0.15) is 0 Å². The van der Waals surface area contributed by atoms with E-state index in [1.165, 1.54) is 0 Å². The molecule has 1 aromatic rings. The van der Waals surface area contributed by atoms with Crippen LogP contribution in [0, 0.1) is 0 Å². The van der Waals surface area contributed by atoms with Crippen LogP contribution in [0.4, 0.5) is 0 Å². The standard InChI is InChI=1S/C13H19Cl2NO/c1-4-13(2,3)16-7-8-17-12-9-10(14)5-6-11(12)15/h5-6,9,16H,4,7-8H2,1-3H3. The third kappa shape index (κ3) is 5.15. The molecule has 0 aliphatic carbocycles. The fraction of sp³-hybridized carbons (Fsp3) is 0.538. The highest BCUT2D eigenvalue weighted by Gasteiger charge is 2.12. The summed E-state index contributed by atoms with van der Waals surface area (Å²) in [4.78, 5) is 0. The van der Waals surface area contributed by atoms with E-state index < -0.39 is 0 Å². The summed E-state index contributed by atoms with van der Waals surface area (Å²) in [6.45, 7) is 7.84. The molecule has 2 nitrogen and oxygen atoms in total. The Morgan fingerprint density at radius 2 is 2.00 bits per heavy atom. The summed E-state index contributed by atoms with van der Waals surface area (Å²) in [5, 5.41) is 4.63. The number of ether oxygens (including phenoxy) is 1. The van der Waals surface area contributed by atoms with Crippen LogP contribution >= 0.6 is 23.2 Å². The predicted octanol–water partition coefficient (Wildman–Crippen LogP) is 4.15. The Kier molecular flexibility index (Phi) is 5.57. The van der Waals surface area contributed by atoms with Crippen molar-refractivity contribution in [3.63, 3.8) is 0 Å². The Hall–Kier alpha value is -0.440. The van der Waals surface area contributed by atoms with Gasteiger partial charge in [-0.3, -0.25) is 0 Å². The third-order valence-corrected chi connectivity index (χ3v) is 3.29. The molecule has 1 aromatic carbocycles. The number of hydrogen-bond donors (Lipinski definition) is 1. The number of nitrogens with one attached hydrogen (secondary N) is 1. The van der Waals surface area contributed by atoms with Crippen molar-refractivity contribution in [2.24, 2.45) is 0 Å². The first-order chi connectivity index (χ1) is 7.94. The Balaban J connectivity index is 2.38. The minimum absolute atomic E-state index is 0.140. The van der Waals surface area contributed by atoms with Crippen molar-refractivity contribution >= 4 is 23.2 Å². The number of halogens is 2. The molecule has 1 N–H and O–H groups in total. The second-order valence-corrected chi connectivity index (χ2v) is 5.43. The lowest BCUT2D eigenvalue weighted by Gasteiger charge is -2.24. The van der Waals surface area contributed by atoms with Gasteiger partial charge in [0.2, 0.25) is 0 Å². The lowest BCUT2D eigenvalue weighted by molar-refractivity contribution is 0.281. The fourth-order valence-corrected chi connectivity index (χ4v) is 1.60. The number of benzene rings is 1. The van der Waals surface area contributed by atoms with Crippen molar-refractivity contribution in [1.82, 2.24) is 5.32 Å². The maximum Gasteiger partial charge on any atom is 0.139 e. The smallest absolute Gasteiger partial charge is 0.139 e. The average Bonchev–Trinajstić information content (AvgIpc) is 2.29. The summed E-state index contributed by atoms with van der Waals surface area (Å²) in [5.74, 6) is 0.635. The molecule has 96 valence electrons. The maximum absolute atomic E-state index is 5.99. The van der Waals surface area contributed by atoms with Gasteiger partial charge < -0.3 is 10.1 Å². The first kappa shape index (κ1) is 14.6. The summed E-state index contributed by atoms with van der Waals surface area (Å²) < 4.78 is 5.58. The number of hydrogen-bond acceptors (Lipinski definition) is 2. The van der Waals surface area contributed by atoms with Crippen molar-refractivity contribution in [2.75, 3.05) is 13.2 Å². The van der Waals surface area contributed by atoms with E-state index in [9.17, 15) is 0 Å². The first-order valence-electron chi connectivity index (χ1n) is 5.77. The van der Waals surface area contributed by atoms with Crippen LogP contribution in [0.25, 0.3) is 0 Å². The molecular formula is C13H19Cl2NO. The van der Waals surface area contributed by atoms with E-state index in [2.05, 4.69) is 26.1 Å². The summed E-state index contributed by atoms with van der Waals surface area (Å²) in [6, 6.07) is 5.21. The van der Waals surface area contributed by atoms with Gasteiger partial charge in [0, 0.05) is 23.2 Å². The van der Waals surface area contributed by atoms with Crippen molar-refractivity contribution in [2.45, 2.75) is 32.7 Å². The Bertz CT molecular complexity index is 366. The molecule has 0 bridgehead atoms. The molecule has 0 radical (unpaired) electrons. The van der Waals surface area contributed by atoms with Gasteiger partial charge in [0.15, 0.2) is 0 Å². The van der Waals surface area contributed by atoms with Gasteiger partial charge in [-0.25, -0.2) is 0 Å². The zero-order chi connectivity index (χ0) is 12.9. The molecule has 0 aromatic heterocycles. The molecule has 0 aliphatic rings. The largest absolute Gasteiger partial charge is 0.491 e. The summed E-state index contributed by atoms with van der Waals surface area (Å²) in [5.41, 5.74) is 0.140. The monoisotopic (exact) mass is 275 g/mol. The van der Waals surface area contributed by atoms with E-state index in [-0.39, 0.29) is 5.54 Å². The predicted molar refractivity (Wildman–Crippen MR) is 74.3 cm³/mol. The molecular weight excluding hydrogens is 257 g/mol. The first-order valence-corrected chi connectivity index (χ1v) is 6.53. The highest BCUT2D eigenvalue weighted by Crippen LogP contribution is 2.27. The van der Waals surface area contributed by atoms with Crippen LogP contribution in [0.3, 0.4) is 0 Å². The summed E-state index contributed by atoms with van der Waals surface area (Å²) >= 11 is 11.9. The molecule has 17 heavy (non-hydrogen) atoms. The van der Waals surface area contributed by atoms with Crippen molar-refractivity contribution in [3.05, 3.63) is 28.2 Å². The van der Waals surface area contributed by atoms with Crippen LogP contribution in [-0.2, 0) is 0 Å². The van der Waals surface area contributed by atoms with Crippen molar-refractivity contribution in [1.29, 1.82) is 0 Å². The molecule has 0 atom stereocenters. The molecule has 4 heteroatoms. The minimum atomic E-state index is 0.140. The van der Waals surface area contributed by atoms with Crippen LogP contribution in [0.1, 0.15) is 27.2 Å². The Morgan fingerprint density at radius 1 is 1.29 bits per heavy atom. The molecule has 0 spiro atoms. The molecule has 0 unspecified atom stereocenters. The summed E-state index contributed by atoms with van der Waals surface area (Å²) in [7, 11) is 0. The van der Waals surface area contributed by atoms with Gasteiger partial charge in [0.25, 0.3) is 0 Å². The lowest BCUT2D eigenvalue weighted by Crippen LogP contribution is -2.40. The Morgan fingerprint density at radius 3 is 2.65 bits per heavy atom. The zero-order valence-electron chi connectivity index (χ0n) is 10.5. The van der Waals surface area contributed by atoms with Crippen LogP contribution in [0.2, 0.25) is 10.0 Å². The SMILES string of the molecule is CCC(C)(C)NCCOc1cc(Cl)ccc1Cl. The van der Waals surface area contributed by atoms with Crippen LogP contribution in [0.15, 0.2) is 18.2 Å². The molecule has 0 heterocycles. The topological polar surface area (TPSA) is 21.3 Å². The fourth-order valence-electron chi connectivity index (χ4n) is 1.26. The van der Waals surface area contributed by atoms with E-state index in [1.807, 2.05) is 0 Å². The van der Waals surface area contributed by atoms with Crippen LogP contribution in [-0.4, -0.2) is 18.7 Å². The van der Waals surface area contributed by atoms with Gasteiger partial charge in [-0.1, -0.05) is 30.1 Å². The van der Waals surface area contributed by atoms with E-state index in [0.717, 1.165) is 13.0 Å². The van der Waals surface area contributed by atoms with E-state index in [1.54, 1.807) is 18.2 Å². The molecule has 0 aliphatic heterocycles.